The minimum Gasteiger partial charge on any atom is -0.507 e. The average molecular weight is 881 g/mol. The van der Waals surface area contributed by atoms with Crippen LogP contribution in [0.2, 0.25) is 0 Å². The summed E-state index contributed by atoms with van der Waals surface area (Å²) in [7, 11) is 0. The Morgan fingerprint density at radius 2 is 0.848 bits per heavy atom. The van der Waals surface area contributed by atoms with E-state index in [1.165, 1.54) is 42.4 Å². The number of phenolic OH excluding ortho intramolecular Hbond substituents is 2. The Bertz CT molecular complexity index is 2780. The Kier molecular flexibility index (Phi) is 12.3. The van der Waals surface area contributed by atoms with Crippen LogP contribution in [0.4, 0.5) is 0 Å². The maximum Gasteiger partial charge on any atom is 0.133 e. The molecule has 9 rings (SSSR count). The molecule has 6 atom stereocenters. The van der Waals surface area contributed by atoms with Gasteiger partial charge in [-0.15, -0.1) is 13.2 Å². The highest BCUT2D eigenvalue weighted by atomic mass is 16.5. The number of fused-ring (bicyclic) bond motifs is 5. The van der Waals surface area contributed by atoms with Crippen molar-refractivity contribution in [3.8, 4) is 57.5 Å². The van der Waals surface area contributed by atoms with Crippen molar-refractivity contribution in [3.05, 3.63) is 177 Å². The van der Waals surface area contributed by atoms with Crippen LogP contribution in [0.5, 0.6) is 57.5 Å². The maximum atomic E-state index is 10.3. The van der Waals surface area contributed by atoms with Gasteiger partial charge in [0, 0.05) is 0 Å². The highest BCUT2D eigenvalue weighted by Crippen LogP contribution is 2.66. The third-order valence-electron chi connectivity index (χ3n) is 15.0. The van der Waals surface area contributed by atoms with Crippen LogP contribution in [0, 0.1) is 79.1 Å². The normalized spacial score (nSPS) is 20.5. The first kappa shape index (κ1) is 44.8. The van der Waals surface area contributed by atoms with Crippen LogP contribution in [0.1, 0.15) is 104 Å². The smallest absolute Gasteiger partial charge is 0.133 e. The molecule has 2 bridgehead atoms. The second-order valence-corrected chi connectivity index (χ2v) is 19.7. The molecule has 6 nitrogen and oxygen atoms in total. The van der Waals surface area contributed by atoms with Crippen molar-refractivity contribution in [2.75, 3.05) is 0 Å². The molecule has 66 heavy (non-hydrogen) atoms. The lowest BCUT2D eigenvalue weighted by atomic mass is 9.73. The summed E-state index contributed by atoms with van der Waals surface area (Å²) >= 11 is 0. The fraction of sp³-hybridized carbons (Fsp3) is 0.333. The molecular formula is C60H64O6. The Morgan fingerprint density at radius 1 is 0.455 bits per heavy atom. The predicted molar refractivity (Wildman–Crippen MR) is 266 cm³/mol. The summed E-state index contributed by atoms with van der Waals surface area (Å²) in [4.78, 5) is 0. The van der Waals surface area contributed by atoms with E-state index in [9.17, 15) is 10.2 Å². The van der Waals surface area contributed by atoms with Crippen molar-refractivity contribution in [1.29, 1.82) is 0 Å². The first-order chi connectivity index (χ1) is 31.7. The predicted octanol–water partition coefficient (Wildman–Crippen LogP) is 16.1. The molecule has 0 aliphatic heterocycles. The number of phenols is 2. The Labute approximate surface area is 391 Å². The van der Waals surface area contributed by atoms with E-state index < -0.39 is 0 Å². The topological polar surface area (TPSA) is 77.4 Å². The number of hydrogen-bond donors (Lipinski definition) is 2. The third-order valence-corrected chi connectivity index (χ3v) is 15.0. The third kappa shape index (κ3) is 8.70. The molecule has 0 radical (unpaired) electrons. The number of ether oxygens (including phenoxy) is 4. The molecule has 3 aliphatic rings. The first-order valence-corrected chi connectivity index (χ1v) is 23.7. The molecular weight excluding hydrogens is 817 g/mol. The van der Waals surface area contributed by atoms with Gasteiger partial charge in [-0.3, -0.25) is 0 Å². The fourth-order valence-electron chi connectivity index (χ4n) is 11.9. The lowest BCUT2D eigenvalue weighted by Gasteiger charge is -2.32. The van der Waals surface area contributed by atoms with Gasteiger partial charge in [0.15, 0.2) is 0 Å². The van der Waals surface area contributed by atoms with E-state index in [2.05, 4.69) is 49.6 Å². The monoisotopic (exact) mass is 880 g/mol. The summed E-state index contributed by atoms with van der Waals surface area (Å²) < 4.78 is 26.0. The lowest BCUT2D eigenvalue weighted by Crippen LogP contribution is -2.23. The molecule has 340 valence electrons. The van der Waals surface area contributed by atoms with E-state index in [4.69, 9.17) is 18.9 Å². The van der Waals surface area contributed by atoms with Gasteiger partial charge in [-0.2, -0.15) is 0 Å². The molecule has 3 aliphatic carbocycles. The van der Waals surface area contributed by atoms with Gasteiger partial charge in [-0.25, -0.2) is 0 Å². The lowest BCUT2D eigenvalue weighted by molar-refractivity contribution is 0.232. The molecule has 0 saturated heterocycles. The quantitative estimate of drug-likeness (QED) is 0.106. The van der Waals surface area contributed by atoms with Crippen molar-refractivity contribution >= 4 is 0 Å². The standard InChI is InChI=1S/C60H64O6/c1-11-13-43-27-41(15-17-55(43)63-47-23-37(7)59(38(8)24-47)65-49-19-33(3)57(61)34(4)20-49)45-29-52-46-31-51(54(32-46)53(52)30-45)42-16-18-56(44(28-42)14-12-2)64-48-25-39(9)60(40(10)26-48)66-50-21-35(5)58(62)36(6)22-50/h11-12,15-28,45-46,51-54,61-62H,1-2,13-14,29-32H2,3-10H3. The molecule has 3 fully saturated rings. The van der Waals surface area contributed by atoms with E-state index in [-0.39, 0.29) is 0 Å². The summed E-state index contributed by atoms with van der Waals surface area (Å²) in [5.41, 5.74) is 12.3. The molecule has 6 aromatic rings. The van der Waals surface area contributed by atoms with E-state index in [0.717, 1.165) is 115 Å². The van der Waals surface area contributed by atoms with Gasteiger partial charge >= 0.3 is 0 Å². The van der Waals surface area contributed by atoms with E-state index in [1.807, 2.05) is 116 Å². The molecule has 0 spiro atoms. The van der Waals surface area contributed by atoms with E-state index >= 15 is 0 Å². The van der Waals surface area contributed by atoms with E-state index in [1.54, 1.807) is 0 Å². The maximum absolute atomic E-state index is 10.3. The Morgan fingerprint density at radius 3 is 1.30 bits per heavy atom. The largest absolute Gasteiger partial charge is 0.507 e. The van der Waals surface area contributed by atoms with Crippen molar-refractivity contribution in [3.63, 3.8) is 0 Å². The van der Waals surface area contributed by atoms with Crippen molar-refractivity contribution in [1.82, 2.24) is 0 Å². The summed E-state index contributed by atoms with van der Waals surface area (Å²) in [5.74, 6) is 11.0. The zero-order chi connectivity index (χ0) is 46.6. The number of allylic oxidation sites excluding steroid dienone is 2. The summed E-state index contributed by atoms with van der Waals surface area (Å²) in [6.45, 7) is 23.9. The average Bonchev–Trinajstić information content (AvgIpc) is 4.00. The van der Waals surface area contributed by atoms with E-state index in [0.29, 0.717) is 40.8 Å². The van der Waals surface area contributed by atoms with Crippen LogP contribution in [0.3, 0.4) is 0 Å². The van der Waals surface area contributed by atoms with Crippen molar-refractivity contribution in [2.24, 2.45) is 23.7 Å². The molecule has 0 aromatic heterocycles. The second-order valence-electron chi connectivity index (χ2n) is 19.7. The molecule has 0 heterocycles. The van der Waals surface area contributed by atoms with Crippen LogP contribution in [-0.4, -0.2) is 10.2 Å². The summed E-state index contributed by atoms with van der Waals surface area (Å²) in [6, 6.07) is 29.4. The molecule has 6 heteroatoms. The Balaban J connectivity index is 0.877. The van der Waals surface area contributed by atoms with Crippen molar-refractivity contribution in [2.45, 2.75) is 106 Å². The van der Waals surface area contributed by atoms with Gasteiger partial charge < -0.3 is 29.2 Å². The van der Waals surface area contributed by atoms with Crippen LogP contribution in [-0.2, 0) is 12.8 Å². The van der Waals surface area contributed by atoms with Crippen LogP contribution in [0.15, 0.2) is 110 Å². The zero-order valence-electron chi connectivity index (χ0n) is 39.9. The van der Waals surface area contributed by atoms with Gasteiger partial charge in [0.25, 0.3) is 0 Å². The van der Waals surface area contributed by atoms with Gasteiger partial charge in [0.2, 0.25) is 0 Å². The van der Waals surface area contributed by atoms with Gasteiger partial charge in [-0.1, -0.05) is 36.4 Å². The van der Waals surface area contributed by atoms with Gasteiger partial charge in [0.1, 0.15) is 57.5 Å². The van der Waals surface area contributed by atoms with Crippen LogP contribution in [0.25, 0.3) is 0 Å². The second kappa shape index (κ2) is 18.1. The fourth-order valence-corrected chi connectivity index (χ4v) is 11.9. The Hall–Kier alpha value is -6.40. The molecule has 0 amide bonds. The number of aromatic hydroxyl groups is 2. The summed E-state index contributed by atoms with van der Waals surface area (Å²) in [6.07, 6.45) is 10.5. The number of hydrogen-bond acceptors (Lipinski definition) is 6. The minimum absolute atomic E-state index is 0.302. The molecule has 6 unspecified atom stereocenters. The van der Waals surface area contributed by atoms with Crippen LogP contribution >= 0.6 is 0 Å². The molecule has 6 aromatic carbocycles. The van der Waals surface area contributed by atoms with Crippen molar-refractivity contribution < 1.29 is 29.2 Å². The van der Waals surface area contributed by atoms with Gasteiger partial charge in [0.05, 0.1) is 0 Å². The molecule has 3 saturated carbocycles. The summed E-state index contributed by atoms with van der Waals surface area (Å²) in [5, 5.41) is 20.5. The first-order valence-electron chi connectivity index (χ1n) is 23.7. The van der Waals surface area contributed by atoms with Crippen LogP contribution < -0.4 is 18.9 Å². The minimum atomic E-state index is 0.302. The SMILES string of the molecule is C=CCc1cc(C2CC3C4CC(c5ccc(Oc6cc(C)c(Oc7cc(C)c(O)c(C)c7)c(C)c6)c(CC=C)c5)C(C4)C3C2)ccc1Oc1cc(C)c(Oc2cc(C)c(O)c(C)c2)c(C)c1. The highest BCUT2D eigenvalue weighted by Gasteiger charge is 2.56. The number of rotatable bonds is 14. The zero-order valence-corrected chi connectivity index (χ0v) is 39.9. The van der Waals surface area contributed by atoms with Gasteiger partial charge in [-0.05, 0) is 257 Å². The highest BCUT2D eigenvalue weighted by molar-refractivity contribution is 5.54. The molecule has 2 N–H and O–H groups in total. The number of benzene rings is 6. The number of aryl methyl sites for hydroxylation is 8.